The molecule has 0 aromatic heterocycles. The number of aryl methyl sites for hydroxylation is 1. The number of hydrogen-bond acceptors (Lipinski definition) is 2. The molecule has 0 aliphatic carbocycles. The van der Waals surface area contributed by atoms with E-state index < -0.39 is 5.91 Å². The molecule has 0 saturated heterocycles. The average Bonchev–Trinajstić information content (AvgIpc) is 2.72. The van der Waals surface area contributed by atoms with Crippen molar-refractivity contribution in [2.24, 2.45) is 0 Å². The normalized spacial score (nSPS) is 11.6. The first-order chi connectivity index (χ1) is 13.1. The molecule has 0 bridgehead atoms. The SMILES string of the molecule is Cc1ccc(N(O)C(=O)/C(=C/C=C/c2ccccc2)c2ccccc2)cc1. The maximum absolute atomic E-state index is 12.9. The zero-order chi connectivity index (χ0) is 19.1. The minimum atomic E-state index is -0.484. The van der Waals surface area contributed by atoms with Gasteiger partial charge in [0.25, 0.3) is 5.91 Å². The summed E-state index contributed by atoms with van der Waals surface area (Å²) in [5.41, 5.74) is 3.67. The van der Waals surface area contributed by atoms with E-state index in [2.05, 4.69) is 0 Å². The van der Waals surface area contributed by atoms with Crippen molar-refractivity contribution in [3.05, 3.63) is 114 Å². The summed E-state index contributed by atoms with van der Waals surface area (Å²) in [5, 5.41) is 11.1. The van der Waals surface area contributed by atoms with Crippen LogP contribution in [0.4, 0.5) is 5.69 Å². The van der Waals surface area contributed by atoms with Crippen molar-refractivity contribution < 1.29 is 10.0 Å². The van der Waals surface area contributed by atoms with Crippen LogP contribution < -0.4 is 5.06 Å². The van der Waals surface area contributed by atoms with Crippen molar-refractivity contribution >= 4 is 23.2 Å². The first-order valence-electron chi connectivity index (χ1n) is 8.74. The van der Waals surface area contributed by atoms with Gasteiger partial charge in [-0.3, -0.25) is 10.0 Å². The van der Waals surface area contributed by atoms with Gasteiger partial charge in [0, 0.05) is 5.57 Å². The second-order valence-corrected chi connectivity index (χ2v) is 6.17. The number of carbonyl (C=O) groups is 1. The fourth-order valence-electron chi connectivity index (χ4n) is 2.65. The quantitative estimate of drug-likeness (QED) is 0.283. The van der Waals surface area contributed by atoms with Crippen LogP contribution >= 0.6 is 0 Å². The van der Waals surface area contributed by atoms with Crippen LogP contribution in [0.15, 0.2) is 97.1 Å². The summed E-state index contributed by atoms with van der Waals surface area (Å²) >= 11 is 0. The predicted octanol–water partition coefficient (Wildman–Crippen LogP) is 5.51. The van der Waals surface area contributed by atoms with Gasteiger partial charge in [-0.2, -0.15) is 5.06 Å². The number of carbonyl (C=O) groups excluding carboxylic acids is 1. The van der Waals surface area contributed by atoms with Gasteiger partial charge >= 0.3 is 0 Å². The second-order valence-electron chi connectivity index (χ2n) is 6.17. The Bertz CT molecular complexity index is 943. The minimum Gasteiger partial charge on any atom is -0.281 e. The van der Waals surface area contributed by atoms with Gasteiger partial charge in [0.1, 0.15) is 0 Å². The molecule has 3 nitrogen and oxygen atoms in total. The van der Waals surface area contributed by atoms with Crippen LogP contribution in [0.3, 0.4) is 0 Å². The Morgan fingerprint density at radius 2 is 1.44 bits per heavy atom. The molecule has 0 heterocycles. The summed E-state index contributed by atoms with van der Waals surface area (Å²) in [6.45, 7) is 1.96. The van der Waals surface area contributed by atoms with E-state index in [1.165, 1.54) is 0 Å². The average molecular weight is 355 g/mol. The highest BCUT2D eigenvalue weighted by atomic mass is 16.5. The number of amides is 1. The summed E-state index contributed by atoms with van der Waals surface area (Å²) in [4.78, 5) is 12.9. The number of hydrogen-bond donors (Lipinski definition) is 1. The molecule has 3 aromatic carbocycles. The molecule has 1 N–H and O–H groups in total. The lowest BCUT2D eigenvalue weighted by Gasteiger charge is -2.17. The highest BCUT2D eigenvalue weighted by Crippen LogP contribution is 2.22. The third kappa shape index (κ3) is 4.81. The van der Waals surface area contributed by atoms with Crippen LogP contribution in [0.5, 0.6) is 0 Å². The van der Waals surface area contributed by atoms with E-state index in [1.54, 1.807) is 18.2 Å². The van der Waals surface area contributed by atoms with E-state index >= 15 is 0 Å². The van der Waals surface area contributed by atoms with E-state index in [1.807, 2.05) is 91.9 Å². The molecule has 27 heavy (non-hydrogen) atoms. The fraction of sp³-hybridized carbons (Fsp3) is 0.0417. The molecule has 0 aliphatic heterocycles. The molecule has 0 unspecified atom stereocenters. The monoisotopic (exact) mass is 355 g/mol. The van der Waals surface area contributed by atoms with Crippen molar-refractivity contribution in [1.82, 2.24) is 0 Å². The maximum Gasteiger partial charge on any atom is 0.282 e. The Morgan fingerprint density at radius 1 is 0.852 bits per heavy atom. The molecule has 0 saturated carbocycles. The summed E-state index contributed by atoms with van der Waals surface area (Å²) in [5.74, 6) is -0.484. The first kappa shape index (κ1) is 18.4. The Labute approximate surface area is 159 Å². The smallest absolute Gasteiger partial charge is 0.281 e. The van der Waals surface area contributed by atoms with E-state index in [-0.39, 0.29) is 0 Å². The standard InChI is InChI=1S/C24H21NO2/c1-19-15-17-22(18-16-19)25(27)24(26)23(21-12-6-3-7-13-21)14-8-11-20-9-4-2-5-10-20/h2-18,27H,1H3/b11-8+,23-14+. The predicted molar refractivity (Wildman–Crippen MR) is 110 cm³/mol. The molecule has 0 spiro atoms. The fourth-order valence-corrected chi connectivity index (χ4v) is 2.65. The van der Waals surface area contributed by atoms with Gasteiger partial charge in [-0.1, -0.05) is 90.5 Å². The number of allylic oxidation sites excluding steroid dienone is 2. The van der Waals surface area contributed by atoms with Gasteiger partial charge in [-0.05, 0) is 36.3 Å². The molecule has 0 radical (unpaired) electrons. The summed E-state index contributed by atoms with van der Waals surface area (Å²) in [6.07, 6.45) is 5.46. The molecule has 0 aliphatic rings. The molecule has 134 valence electrons. The first-order valence-corrected chi connectivity index (χ1v) is 8.74. The van der Waals surface area contributed by atoms with Crippen LogP contribution in [0, 0.1) is 6.92 Å². The lowest BCUT2D eigenvalue weighted by atomic mass is 10.0. The zero-order valence-electron chi connectivity index (χ0n) is 15.1. The molecular weight excluding hydrogens is 334 g/mol. The lowest BCUT2D eigenvalue weighted by Crippen LogP contribution is -2.27. The van der Waals surface area contributed by atoms with Crippen molar-refractivity contribution in [3.63, 3.8) is 0 Å². The number of hydroxylamine groups is 1. The lowest BCUT2D eigenvalue weighted by molar-refractivity contribution is -0.118. The zero-order valence-corrected chi connectivity index (χ0v) is 15.1. The molecule has 3 heteroatoms. The van der Waals surface area contributed by atoms with Crippen molar-refractivity contribution in [3.8, 4) is 0 Å². The van der Waals surface area contributed by atoms with E-state index in [0.29, 0.717) is 16.3 Å². The second kappa shape index (κ2) is 8.79. The van der Waals surface area contributed by atoms with Crippen LogP contribution in [0.2, 0.25) is 0 Å². The molecular formula is C24H21NO2. The minimum absolute atomic E-state index is 0.408. The van der Waals surface area contributed by atoms with Crippen LogP contribution in [-0.2, 0) is 4.79 Å². The van der Waals surface area contributed by atoms with Crippen LogP contribution in [-0.4, -0.2) is 11.1 Å². The van der Waals surface area contributed by atoms with Crippen molar-refractivity contribution in [2.45, 2.75) is 6.92 Å². The highest BCUT2D eigenvalue weighted by molar-refractivity contribution is 6.25. The third-order valence-corrected chi connectivity index (χ3v) is 4.14. The summed E-state index contributed by atoms with van der Waals surface area (Å²) < 4.78 is 0. The van der Waals surface area contributed by atoms with E-state index in [4.69, 9.17) is 0 Å². The van der Waals surface area contributed by atoms with Gasteiger partial charge in [-0.25, -0.2) is 0 Å². The van der Waals surface area contributed by atoms with Gasteiger partial charge in [0.15, 0.2) is 0 Å². The van der Waals surface area contributed by atoms with Crippen LogP contribution in [0.25, 0.3) is 11.6 Å². The molecule has 0 atom stereocenters. The van der Waals surface area contributed by atoms with Gasteiger partial charge in [0.2, 0.25) is 0 Å². The van der Waals surface area contributed by atoms with E-state index in [9.17, 15) is 10.0 Å². The van der Waals surface area contributed by atoms with Crippen LogP contribution in [0.1, 0.15) is 16.7 Å². The molecule has 3 rings (SSSR count). The Hall–Kier alpha value is -3.43. The third-order valence-electron chi connectivity index (χ3n) is 4.14. The van der Waals surface area contributed by atoms with Gasteiger partial charge < -0.3 is 0 Å². The topological polar surface area (TPSA) is 40.5 Å². The Balaban J connectivity index is 1.92. The number of rotatable bonds is 5. The Morgan fingerprint density at radius 3 is 2.07 bits per heavy atom. The summed E-state index contributed by atoms with van der Waals surface area (Å²) in [6, 6.07) is 26.3. The van der Waals surface area contributed by atoms with Crippen molar-refractivity contribution in [2.75, 3.05) is 5.06 Å². The molecule has 3 aromatic rings. The maximum atomic E-state index is 12.9. The van der Waals surface area contributed by atoms with Gasteiger partial charge in [-0.15, -0.1) is 0 Å². The van der Waals surface area contributed by atoms with Crippen molar-refractivity contribution in [1.29, 1.82) is 0 Å². The molecule has 0 fully saturated rings. The molecule has 1 amide bonds. The van der Waals surface area contributed by atoms with Gasteiger partial charge in [0.05, 0.1) is 5.69 Å². The summed E-state index contributed by atoms with van der Waals surface area (Å²) in [7, 11) is 0. The number of anilines is 1. The number of benzene rings is 3. The van der Waals surface area contributed by atoms with E-state index in [0.717, 1.165) is 16.7 Å². The Kier molecular flexibility index (Phi) is 5.98. The number of nitrogens with zero attached hydrogens (tertiary/aromatic N) is 1. The highest BCUT2D eigenvalue weighted by Gasteiger charge is 2.19. The largest absolute Gasteiger partial charge is 0.282 e.